The fourth-order valence-electron chi connectivity index (χ4n) is 3.67. The molecule has 2 aromatic rings. The van der Waals surface area contributed by atoms with E-state index in [1.807, 2.05) is 38.1 Å². The molecule has 1 aliphatic heterocycles. The first-order valence-electron chi connectivity index (χ1n) is 10.3. The molecule has 1 amide bonds. The summed E-state index contributed by atoms with van der Waals surface area (Å²) in [4.78, 5) is 12.8. The van der Waals surface area contributed by atoms with Crippen molar-refractivity contribution in [1.29, 1.82) is 0 Å². The number of hydrogen-bond donors (Lipinski definition) is 1. The zero-order valence-electron chi connectivity index (χ0n) is 17.2. The number of nitrogens with one attached hydrogen (secondary N) is 1. The SMILES string of the molecule is Cc1ccc(S(=O)(=O)N2CCC(C(=O)NCCCc3ccccc3)CC2)cc1C. The van der Waals surface area contributed by atoms with E-state index in [1.165, 1.54) is 9.87 Å². The summed E-state index contributed by atoms with van der Waals surface area (Å²) in [6.45, 7) is 5.31. The highest BCUT2D eigenvalue weighted by molar-refractivity contribution is 7.89. The van der Waals surface area contributed by atoms with E-state index in [9.17, 15) is 13.2 Å². The number of piperidine rings is 1. The van der Waals surface area contributed by atoms with Crippen LogP contribution in [0.25, 0.3) is 0 Å². The molecule has 0 radical (unpaired) electrons. The average Bonchev–Trinajstić information content (AvgIpc) is 2.74. The molecule has 0 bridgehead atoms. The summed E-state index contributed by atoms with van der Waals surface area (Å²) in [5.41, 5.74) is 3.31. The monoisotopic (exact) mass is 414 g/mol. The second kappa shape index (κ2) is 9.55. The molecule has 2 aromatic carbocycles. The summed E-state index contributed by atoms with van der Waals surface area (Å²) in [5.74, 6) is -0.0702. The van der Waals surface area contributed by atoms with Crippen LogP contribution in [0.4, 0.5) is 0 Å². The fraction of sp³-hybridized carbons (Fsp3) is 0.435. The first-order chi connectivity index (χ1) is 13.9. The average molecular weight is 415 g/mol. The summed E-state index contributed by atoms with van der Waals surface area (Å²) in [6, 6.07) is 15.5. The lowest BCUT2D eigenvalue weighted by atomic mass is 9.97. The van der Waals surface area contributed by atoms with Gasteiger partial charge in [0.2, 0.25) is 15.9 Å². The Morgan fingerprint density at radius 3 is 2.38 bits per heavy atom. The van der Waals surface area contributed by atoms with Gasteiger partial charge in [0.25, 0.3) is 0 Å². The van der Waals surface area contributed by atoms with Gasteiger partial charge in [-0.1, -0.05) is 36.4 Å². The van der Waals surface area contributed by atoms with E-state index in [0.717, 1.165) is 24.0 Å². The molecule has 1 saturated heterocycles. The van der Waals surface area contributed by atoms with Crippen LogP contribution in [-0.4, -0.2) is 38.3 Å². The molecule has 0 spiro atoms. The molecule has 0 unspecified atom stereocenters. The highest BCUT2D eigenvalue weighted by Crippen LogP contribution is 2.25. The molecule has 6 heteroatoms. The second-order valence-corrected chi connectivity index (χ2v) is 9.74. The minimum Gasteiger partial charge on any atom is -0.356 e. The molecule has 1 heterocycles. The van der Waals surface area contributed by atoms with Crippen molar-refractivity contribution in [2.24, 2.45) is 5.92 Å². The Labute approximate surface area is 174 Å². The van der Waals surface area contributed by atoms with E-state index >= 15 is 0 Å². The number of benzene rings is 2. The van der Waals surface area contributed by atoms with Crippen LogP contribution in [-0.2, 0) is 21.2 Å². The molecule has 0 atom stereocenters. The fourth-order valence-corrected chi connectivity index (χ4v) is 5.23. The van der Waals surface area contributed by atoms with E-state index in [1.54, 1.807) is 12.1 Å². The molecular formula is C23H30N2O3S. The van der Waals surface area contributed by atoms with Gasteiger partial charge in [-0.05, 0) is 68.4 Å². The Hall–Kier alpha value is -2.18. The van der Waals surface area contributed by atoms with Gasteiger partial charge in [-0.3, -0.25) is 4.79 Å². The smallest absolute Gasteiger partial charge is 0.243 e. The van der Waals surface area contributed by atoms with Gasteiger partial charge in [-0.15, -0.1) is 0 Å². The maximum Gasteiger partial charge on any atom is 0.243 e. The minimum absolute atomic E-state index is 0.0429. The number of nitrogens with zero attached hydrogens (tertiary/aromatic N) is 1. The Bertz CT molecular complexity index is 934. The zero-order valence-corrected chi connectivity index (χ0v) is 18.0. The third-order valence-electron chi connectivity index (χ3n) is 5.73. The van der Waals surface area contributed by atoms with Crippen LogP contribution in [0.1, 0.15) is 36.0 Å². The first-order valence-corrected chi connectivity index (χ1v) is 11.7. The molecular weight excluding hydrogens is 384 g/mol. The Kier molecular flexibility index (Phi) is 7.09. The van der Waals surface area contributed by atoms with Crippen molar-refractivity contribution in [2.45, 2.75) is 44.4 Å². The van der Waals surface area contributed by atoms with E-state index in [0.29, 0.717) is 37.4 Å². The standard InChI is InChI=1S/C23H30N2O3S/c1-18-10-11-22(17-19(18)2)29(27,28)25-15-12-21(13-16-25)23(26)24-14-6-9-20-7-4-3-5-8-20/h3-5,7-8,10-11,17,21H,6,9,12-16H2,1-2H3,(H,24,26). The molecule has 0 aromatic heterocycles. The molecule has 156 valence electrons. The number of rotatable bonds is 7. The molecule has 3 rings (SSSR count). The van der Waals surface area contributed by atoms with E-state index in [2.05, 4.69) is 17.4 Å². The normalized spacial score (nSPS) is 15.9. The third-order valence-corrected chi connectivity index (χ3v) is 7.62. The molecule has 1 aliphatic rings. The van der Waals surface area contributed by atoms with Crippen LogP contribution in [0.2, 0.25) is 0 Å². The predicted molar refractivity (Wildman–Crippen MR) is 115 cm³/mol. The number of sulfonamides is 1. The van der Waals surface area contributed by atoms with E-state index in [-0.39, 0.29) is 11.8 Å². The summed E-state index contributed by atoms with van der Waals surface area (Å²) in [5, 5.41) is 3.01. The number of aryl methyl sites for hydroxylation is 3. The number of carbonyl (C=O) groups excluding carboxylic acids is 1. The van der Waals surface area contributed by atoms with Crippen molar-refractivity contribution in [3.05, 3.63) is 65.2 Å². The predicted octanol–water partition coefficient (Wildman–Crippen LogP) is 3.45. The van der Waals surface area contributed by atoms with Crippen molar-refractivity contribution < 1.29 is 13.2 Å². The molecule has 0 aliphatic carbocycles. The lowest BCUT2D eigenvalue weighted by Gasteiger charge is -2.30. The highest BCUT2D eigenvalue weighted by atomic mass is 32.2. The Balaban J connectivity index is 1.46. The molecule has 1 N–H and O–H groups in total. The van der Waals surface area contributed by atoms with Gasteiger partial charge in [0.05, 0.1) is 4.90 Å². The van der Waals surface area contributed by atoms with Crippen molar-refractivity contribution in [1.82, 2.24) is 9.62 Å². The summed E-state index contributed by atoms with van der Waals surface area (Å²) in [7, 11) is -3.50. The van der Waals surface area contributed by atoms with E-state index < -0.39 is 10.0 Å². The van der Waals surface area contributed by atoms with Gasteiger partial charge in [0, 0.05) is 25.6 Å². The first kappa shape index (κ1) is 21.5. The number of hydrogen-bond acceptors (Lipinski definition) is 3. The van der Waals surface area contributed by atoms with Crippen LogP contribution >= 0.6 is 0 Å². The minimum atomic E-state index is -3.50. The third kappa shape index (κ3) is 5.46. The van der Waals surface area contributed by atoms with Crippen molar-refractivity contribution in [3.8, 4) is 0 Å². The quantitative estimate of drug-likeness (QED) is 0.706. The molecule has 5 nitrogen and oxygen atoms in total. The van der Waals surface area contributed by atoms with Gasteiger partial charge in [0.15, 0.2) is 0 Å². The lowest BCUT2D eigenvalue weighted by molar-refractivity contribution is -0.126. The van der Waals surface area contributed by atoms with Crippen LogP contribution in [0.15, 0.2) is 53.4 Å². The molecule has 0 saturated carbocycles. The second-order valence-electron chi connectivity index (χ2n) is 7.80. The maximum absolute atomic E-state index is 12.9. The van der Waals surface area contributed by atoms with Gasteiger partial charge < -0.3 is 5.32 Å². The summed E-state index contributed by atoms with van der Waals surface area (Å²) < 4.78 is 27.3. The number of amides is 1. The molecule has 29 heavy (non-hydrogen) atoms. The van der Waals surface area contributed by atoms with Gasteiger partial charge in [0.1, 0.15) is 0 Å². The Morgan fingerprint density at radius 2 is 1.72 bits per heavy atom. The maximum atomic E-state index is 12.9. The largest absolute Gasteiger partial charge is 0.356 e. The number of carbonyl (C=O) groups is 1. The molecule has 1 fully saturated rings. The van der Waals surface area contributed by atoms with Crippen molar-refractivity contribution >= 4 is 15.9 Å². The summed E-state index contributed by atoms with van der Waals surface area (Å²) >= 11 is 0. The van der Waals surface area contributed by atoms with Crippen LogP contribution in [0, 0.1) is 19.8 Å². The van der Waals surface area contributed by atoms with E-state index in [4.69, 9.17) is 0 Å². The van der Waals surface area contributed by atoms with Crippen LogP contribution < -0.4 is 5.32 Å². The zero-order chi connectivity index (χ0) is 20.9. The summed E-state index contributed by atoms with van der Waals surface area (Å²) in [6.07, 6.45) is 2.96. The van der Waals surface area contributed by atoms with Gasteiger partial charge >= 0.3 is 0 Å². The topological polar surface area (TPSA) is 66.5 Å². The lowest BCUT2D eigenvalue weighted by Crippen LogP contribution is -2.43. The van der Waals surface area contributed by atoms with Gasteiger partial charge in [-0.2, -0.15) is 4.31 Å². The Morgan fingerprint density at radius 1 is 1.03 bits per heavy atom. The van der Waals surface area contributed by atoms with Crippen molar-refractivity contribution in [3.63, 3.8) is 0 Å². The van der Waals surface area contributed by atoms with Crippen LogP contribution in [0.3, 0.4) is 0 Å². The van der Waals surface area contributed by atoms with Gasteiger partial charge in [-0.25, -0.2) is 8.42 Å². The highest BCUT2D eigenvalue weighted by Gasteiger charge is 2.32. The van der Waals surface area contributed by atoms with Crippen LogP contribution in [0.5, 0.6) is 0 Å². The van der Waals surface area contributed by atoms with Crippen molar-refractivity contribution in [2.75, 3.05) is 19.6 Å².